The summed E-state index contributed by atoms with van der Waals surface area (Å²) in [6.07, 6.45) is 3.85. The molecule has 4 nitrogen and oxygen atoms in total. The summed E-state index contributed by atoms with van der Waals surface area (Å²) in [5.74, 6) is -0.342. The summed E-state index contributed by atoms with van der Waals surface area (Å²) >= 11 is 0. The Labute approximate surface area is 95.7 Å². The molecule has 88 valence electrons. The maximum Gasteiger partial charge on any atom is 0.354 e. The number of anilines is 1. The number of aromatic carboxylic acids is 1. The first-order chi connectivity index (χ1) is 7.67. The van der Waals surface area contributed by atoms with Crippen molar-refractivity contribution < 1.29 is 9.90 Å². The number of nitrogens with one attached hydrogen (secondary N) is 1. The van der Waals surface area contributed by atoms with Crippen molar-refractivity contribution in [2.24, 2.45) is 5.92 Å². The molecule has 2 N–H and O–H groups in total. The summed E-state index contributed by atoms with van der Waals surface area (Å²) in [5.41, 5.74) is 0.949. The molecule has 0 aliphatic carbocycles. The van der Waals surface area contributed by atoms with E-state index in [9.17, 15) is 4.79 Å². The fourth-order valence-electron chi connectivity index (χ4n) is 1.46. The summed E-state index contributed by atoms with van der Waals surface area (Å²) in [7, 11) is 0. The van der Waals surface area contributed by atoms with E-state index < -0.39 is 5.97 Å². The van der Waals surface area contributed by atoms with Gasteiger partial charge in [-0.1, -0.05) is 26.7 Å². The molecular formula is C12H18N2O2. The van der Waals surface area contributed by atoms with Gasteiger partial charge in [-0.05, 0) is 18.1 Å². The van der Waals surface area contributed by atoms with Crippen LogP contribution in [0.4, 0.5) is 5.69 Å². The average Bonchev–Trinajstić information content (AvgIpc) is 2.31. The lowest BCUT2D eigenvalue weighted by atomic mass is 10.0. The van der Waals surface area contributed by atoms with Gasteiger partial charge in [-0.15, -0.1) is 0 Å². The van der Waals surface area contributed by atoms with E-state index in [1.807, 2.05) is 0 Å². The Kier molecular flexibility index (Phi) is 4.76. The number of hydrogen-bond donors (Lipinski definition) is 2. The molecule has 1 aromatic rings. The monoisotopic (exact) mass is 222 g/mol. The van der Waals surface area contributed by atoms with Gasteiger partial charge < -0.3 is 10.4 Å². The van der Waals surface area contributed by atoms with Crippen LogP contribution in [0.15, 0.2) is 18.3 Å². The Morgan fingerprint density at radius 1 is 1.44 bits per heavy atom. The number of hydrogen-bond acceptors (Lipinski definition) is 3. The van der Waals surface area contributed by atoms with Crippen LogP contribution in [0, 0.1) is 5.92 Å². The Morgan fingerprint density at radius 2 is 2.12 bits per heavy atom. The summed E-state index contributed by atoms with van der Waals surface area (Å²) in [6, 6.07) is 3.26. The van der Waals surface area contributed by atoms with Crippen LogP contribution in [0.25, 0.3) is 0 Å². The Bertz CT molecular complexity index is 331. The highest BCUT2D eigenvalue weighted by Gasteiger charge is 2.05. The molecule has 0 aromatic carbocycles. The molecule has 0 radical (unpaired) electrons. The van der Waals surface area contributed by atoms with E-state index in [1.165, 1.54) is 6.07 Å². The lowest BCUT2D eigenvalue weighted by molar-refractivity contribution is 0.0690. The minimum absolute atomic E-state index is 0.0769. The molecule has 4 heteroatoms. The van der Waals surface area contributed by atoms with Gasteiger partial charge in [0.05, 0.1) is 11.9 Å². The van der Waals surface area contributed by atoms with E-state index in [0.29, 0.717) is 5.92 Å². The van der Waals surface area contributed by atoms with Gasteiger partial charge in [0.1, 0.15) is 5.69 Å². The summed E-state index contributed by atoms with van der Waals surface area (Å²) in [5, 5.41) is 11.9. The number of pyridine rings is 1. The van der Waals surface area contributed by atoms with Crippen molar-refractivity contribution in [1.29, 1.82) is 0 Å². The third-order valence-electron chi connectivity index (χ3n) is 2.73. The molecule has 1 heterocycles. The lowest BCUT2D eigenvalue weighted by Crippen LogP contribution is -2.13. The van der Waals surface area contributed by atoms with Gasteiger partial charge in [0.25, 0.3) is 0 Å². The van der Waals surface area contributed by atoms with E-state index >= 15 is 0 Å². The summed E-state index contributed by atoms with van der Waals surface area (Å²) < 4.78 is 0. The molecular weight excluding hydrogens is 204 g/mol. The van der Waals surface area contributed by atoms with E-state index in [4.69, 9.17) is 5.11 Å². The average molecular weight is 222 g/mol. The minimum Gasteiger partial charge on any atom is -0.477 e. The van der Waals surface area contributed by atoms with Crippen molar-refractivity contribution in [2.75, 3.05) is 11.9 Å². The smallest absolute Gasteiger partial charge is 0.354 e. The highest BCUT2D eigenvalue weighted by Crippen LogP contribution is 2.11. The van der Waals surface area contributed by atoms with Crippen molar-refractivity contribution >= 4 is 11.7 Å². The zero-order valence-electron chi connectivity index (χ0n) is 9.73. The number of carboxylic acid groups (broad SMARTS) is 1. The standard InChI is InChI=1S/C12H18N2O2/c1-3-9(4-2)7-13-10-5-6-11(12(15)16)14-8-10/h5-6,8-9,13H,3-4,7H2,1-2H3,(H,15,16). The van der Waals surface area contributed by atoms with Gasteiger partial charge >= 0.3 is 5.97 Å². The predicted octanol–water partition coefficient (Wildman–Crippen LogP) is 2.63. The van der Waals surface area contributed by atoms with Crippen molar-refractivity contribution in [2.45, 2.75) is 26.7 Å². The lowest BCUT2D eigenvalue weighted by Gasteiger charge is -2.13. The quantitative estimate of drug-likeness (QED) is 0.776. The molecule has 1 rings (SSSR count). The first kappa shape index (κ1) is 12.5. The van der Waals surface area contributed by atoms with Gasteiger partial charge in [0.2, 0.25) is 0 Å². The SMILES string of the molecule is CCC(CC)CNc1ccc(C(=O)O)nc1. The molecule has 0 atom stereocenters. The number of rotatable bonds is 6. The van der Waals surface area contributed by atoms with E-state index in [0.717, 1.165) is 25.1 Å². The largest absolute Gasteiger partial charge is 0.477 e. The second kappa shape index (κ2) is 6.10. The second-order valence-electron chi connectivity index (χ2n) is 3.80. The van der Waals surface area contributed by atoms with Crippen LogP contribution in [0.1, 0.15) is 37.2 Å². The van der Waals surface area contributed by atoms with E-state index in [-0.39, 0.29) is 5.69 Å². The third-order valence-corrected chi connectivity index (χ3v) is 2.73. The van der Waals surface area contributed by atoms with Crippen LogP contribution in [0.5, 0.6) is 0 Å². The molecule has 0 fully saturated rings. The Hall–Kier alpha value is -1.58. The first-order valence-electron chi connectivity index (χ1n) is 5.60. The summed E-state index contributed by atoms with van der Waals surface area (Å²) in [4.78, 5) is 14.4. The van der Waals surface area contributed by atoms with Crippen LogP contribution >= 0.6 is 0 Å². The maximum atomic E-state index is 10.6. The number of carbonyl (C=O) groups is 1. The molecule has 0 saturated heterocycles. The molecule has 0 bridgehead atoms. The molecule has 0 saturated carbocycles. The molecule has 16 heavy (non-hydrogen) atoms. The molecule has 0 unspecified atom stereocenters. The highest BCUT2D eigenvalue weighted by molar-refractivity contribution is 5.85. The van der Waals surface area contributed by atoms with Crippen LogP contribution in [-0.2, 0) is 0 Å². The van der Waals surface area contributed by atoms with Crippen LogP contribution < -0.4 is 5.32 Å². The van der Waals surface area contributed by atoms with Gasteiger partial charge in [-0.2, -0.15) is 0 Å². The normalized spacial score (nSPS) is 10.4. The van der Waals surface area contributed by atoms with Crippen LogP contribution in [-0.4, -0.2) is 22.6 Å². The van der Waals surface area contributed by atoms with Gasteiger partial charge in [-0.3, -0.25) is 0 Å². The zero-order valence-corrected chi connectivity index (χ0v) is 9.73. The van der Waals surface area contributed by atoms with E-state index in [2.05, 4.69) is 24.1 Å². The van der Waals surface area contributed by atoms with Crippen molar-refractivity contribution in [3.05, 3.63) is 24.0 Å². The van der Waals surface area contributed by atoms with Crippen LogP contribution in [0.2, 0.25) is 0 Å². The Morgan fingerprint density at radius 3 is 2.56 bits per heavy atom. The zero-order chi connectivity index (χ0) is 12.0. The van der Waals surface area contributed by atoms with Crippen molar-refractivity contribution in [3.63, 3.8) is 0 Å². The fourth-order valence-corrected chi connectivity index (χ4v) is 1.46. The number of carboxylic acids is 1. The molecule has 0 aliphatic rings. The predicted molar refractivity (Wildman–Crippen MR) is 63.8 cm³/mol. The highest BCUT2D eigenvalue weighted by atomic mass is 16.4. The minimum atomic E-state index is -0.994. The first-order valence-corrected chi connectivity index (χ1v) is 5.60. The van der Waals surface area contributed by atoms with Gasteiger partial charge in [0.15, 0.2) is 0 Å². The van der Waals surface area contributed by atoms with Gasteiger partial charge in [-0.25, -0.2) is 9.78 Å². The second-order valence-corrected chi connectivity index (χ2v) is 3.80. The maximum absolute atomic E-state index is 10.6. The molecule has 0 aliphatic heterocycles. The van der Waals surface area contributed by atoms with Gasteiger partial charge in [0, 0.05) is 6.54 Å². The topological polar surface area (TPSA) is 62.2 Å². The molecule has 0 spiro atoms. The fraction of sp³-hybridized carbons (Fsp3) is 0.500. The van der Waals surface area contributed by atoms with Crippen LogP contribution in [0.3, 0.4) is 0 Å². The van der Waals surface area contributed by atoms with E-state index in [1.54, 1.807) is 12.3 Å². The molecule has 1 aromatic heterocycles. The molecule has 0 amide bonds. The summed E-state index contributed by atoms with van der Waals surface area (Å²) in [6.45, 7) is 5.24. The number of aromatic nitrogens is 1. The Balaban J connectivity index is 2.52. The number of nitrogens with zero attached hydrogens (tertiary/aromatic N) is 1. The van der Waals surface area contributed by atoms with Crippen molar-refractivity contribution in [1.82, 2.24) is 4.98 Å². The van der Waals surface area contributed by atoms with Crippen molar-refractivity contribution in [3.8, 4) is 0 Å². The third kappa shape index (κ3) is 3.53.